The van der Waals surface area contributed by atoms with Gasteiger partial charge in [0.2, 0.25) is 5.91 Å². The van der Waals surface area contributed by atoms with Crippen LogP contribution in [0.3, 0.4) is 0 Å². The van der Waals surface area contributed by atoms with Gasteiger partial charge in [-0.05, 0) is 54.3 Å². The number of rotatable bonds is 7. The van der Waals surface area contributed by atoms with E-state index < -0.39 is 0 Å². The van der Waals surface area contributed by atoms with Crippen LogP contribution in [0.2, 0.25) is 0 Å². The first-order valence-corrected chi connectivity index (χ1v) is 9.61. The van der Waals surface area contributed by atoms with Gasteiger partial charge in [0, 0.05) is 49.8 Å². The predicted octanol–water partition coefficient (Wildman–Crippen LogP) is 3.22. The van der Waals surface area contributed by atoms with Gasteiger partial charge >= 0.3 is 0 Å². The highest BCUT2D eigenvalue weighted by Crippen LogP contribution is 2.19. The second kappa shape index (κ2) is 9.73. The quantitative estimate of drug-likeness (QED) is 0.366. The normalized spacial score (nSPS) is 11.5. The molecule has 0 aliphatic rings. The third-order valence-electron chi connectivity index (χ3n) is 4.62. The van der Waals surface area contributed by atoms with Gasteiger partial charge in [0.15, 0.2) is 5.96 Å². The van der Waals surface area contributed by atoms with Crippen molar-refractivity contribution in [2.24, 2.45) is 4.99 Å². The summed E-state index contributed by atoms with van der Waals surface area (Å²) in [4.78, 5) is 18.5. The first kappa shape index (κ1) is 20.4. The minimum atomic E-state index is -0.228. The van der Waals surface area contributed by atoms with Crippen molar-refractivity contribution < 1.29 is 9.18 Å². The number of nitrogens with one attached hydrogen (secondary N) is 4. The number of carbonyl (C=O) groups is 1. The Labute approximate surface area is 169 Å². The minimum Gasteiger partial charge on any atom is -0.361 e. The smallest absolute Gasteiger partial charge is 0.221 e. The molecule has 0 aliphatic heterocycles. The first-order valence-electron chi connectivity index (χ1n) is 9.61. The summed E-state index contributed by atoms with van der Waals surface area (Å²) in [5, 5.41) is 10.3. The molecule has 0 saturated carbocycles. The van der Waals surface area contributed by atoms with E-state index in [4.69, 9.17) is 0 Å². The van der Waals surface area contributed by atoms with Gasteiger partial charge in [-0.2, -0.15) is 0 Å². The summed E-state index contributed by atoms with van der Waals surface area (Å²) in [5.41, 5.74) is 3.97. The molecule has 0 atom stereocenters. The number of aromatic amines is 1. The van der Waals surface area contributed by atoms with E-state index in [0.29, 0.717) is 6.54 Å². The molecule has 0 radical (unpaired) electrons. The fourth-order valence-electron chi connectivity index (χ4n) is 3.18. The van der Waals surface area contributed by atoms with Crippen molar-refractivity contribution in [2.45, 2.75) is 19.8 Å². The largest absolute Gasteiger partial charge is 0.361 e. The fourth-order valence-corrected chi connectivity index (χ4v) is 3.18. The maximum absolute atomic E-state index is 13.5. The third kappa shape index (κ3) is 5.81. The lowest BCUT2D eigenvalue weighted by Crippen LogP contribution is -2.39. The van der Waals surface area contributed by atoms with Crippen LogP contribution >= 0.6 is 0 Å². The number of fused-ring (bicyclic) bond motifs is 1. The number of halogens is 1. The Kier molecular flexibility index (Phi) is 6.84. The van der Waals surface area contributed by atoms with Crippen molar-refractivity contribution in [1.82, 2.24) is 15.6 Å². The van der Waals surface area contributed by atoms with E-state index in [1.54, 1.807) is 19.2 Å². The highest BCUT2D eigenvalue weighted by Gasteiger charge is 2.05. The Balaban J connectivity index is 1.43. The summed E-state index contributed by atoms with van der Waals surface area (Å²) < 4.78 is 13.5. The van der Waals surface area contributed by atoms with E-state index in [1.165, 1.54) is 18.6 Å². The van der Waals surface area contributed by atoms with Crippen molar-refractivity contribution in [3.05, 3.63) is 65.6 Å². The monoisotopic (exact) mass is 395 g/mol. The highest BCUT2D eigenvalue weighted by molar-refractivity contribution is 5.88. The second-order valence-corrected chi connectivity index (χ2v) is 6.81. The lowest BCUT2D eigenvalue weighted by molar-refractivity contribution is -0.114. The minimum absolute atomic E-state index is 0.0768. The maximum Gasteiger partial charge on any atom is 0.221 e. The van der Waals surface area contributed by atoms with Crippen LogP contribution in [-0.4, -0.2) is 37.0 Å². The van der Waals surface area contributed by atoms with Gasteiger partial charge in [-0.1, -0.05) is 12.1 Å². The van der Waals surface area contributed by atoms with Gasteiger partial charge in [-0.25, -0.2) is 4.39 Å². The number of aliphatic imine (C=N–C) groups is 1. The molecule has 152 valence electrons. The molecule has 4 N–H and O–H groups in total. The maximum atomic E-state index is 13.5. The van der Waals surface area contributed by atoms with Gasteiger partial charge in [-0.3, -0.25) is 9.79 Å². The summed E-state index contributed by atoms with van der Waals surface area (Å²) in [6.45, 7) is 2.92. The molecular weight excluding hydrogens is 369 g/mol. The van der Waals surface area contributed by atoms with Gasteiger partial charge in [0.25, 0.3) is 0 Å². The number of hydrogen-bond donors (Lipinski definition) is 4. The van der Waals surface area contributed by atoms with Crippen LogP contribution in [0.25, 0.3) is 10.9 Å². The number of H-pyrrole nitrogens is 1. The molecular formula is C22H26FN5O. The zero-order valence-electron chi connectivity index (χ0n) is 16.7. The number of aromatic nitrogens is 1. The Morgan fingerprint density at radius 2 is 1.79 bits per heavy atom. The van der Waals surface area contributed by atoms with E-state index in [-0.39, 0.29) is 11.7 Å². The van der Waals surface area contributed by atoms with E-state index in [9.17, 15) is 9.18 Å². The number of hydrogen-bond acceptors (Lipinski definition) is 2. The molecule has 0 spiro atoms. The molecule has 3 rings (SSSR count). The number of carbonyl (C=O) groups excluding carboxylic acids is 1. The van der Waals surface area contributed by atoms with E-state index >= 15 is 0 Å². The summed E-state index contributed by atoms with van der Waals surface area (Å²) in [7, 11) is 1.73. The molecule has 0 aliphatic carbocycles. The number of nitrogens with zero attached hydrogens (tertiary/aromatic N) is 1. The zero-order chi connectivity index (χ0) is 20.6. The molecule has 29 heavy (non-hydrogen) atoms. The lowest BCUT2D eigenvalue weighted by atomic mass is 10.1. The van der Waals surface area contributed by atoms with Gasteiger partial charge < -0.3 is 20.9 Å². The van der Waals surface area contributed by atoms with Gasteiger partial charge in [0.1, 0.15) is 5.82 Å². The molecule has 6 nitrogen and oxygen atoms in total. The van der Waals surface area contributed by atoms with Gasteiger partial charge in [0.05, 0.1) is 0 Å². The average Bonchev–Trinajstić information content (AvgIpc) is 3.09. The summed E-state index contributed by atoms with van der Waals surface area (Å²) >= 11 is 0. The first-order chi connectivity index (χ1) is 14.0. The van der Waals surface area contributed by atoms with Crippen LogP contribution in [0, 0.1) is 5.82 Å². The number of guanidine groups is 1. The van der Waals surface area contributed by atoms with Crippen LogP contribution in [0.4, 0.5) is 10.1 Å². The molecule has 7 heteroatoms. The molecule has 0 unspecified atom stereocenters. The topological polar surface area (TPSA) is 81.3 Å². The predicted molar refractivity (Wildman–Crippen MR) is 116 cm³/mol. The molecule has 2 aromatic carbocycles. The van der Waals surface area contributed by atoms with Crippen LogP contribution in [0.1, 0.15) is 18.1 Å². The molecule has 0 fully saturated rings. The fraction of sp³-hybridized carbons (Fsp3) is 0.273. The molecule has 0 saturated heterocycles. The van der Waals surface area contributed by atoms with E-state index in [1.807, 2.05) is 30.5 Å². The Morgan fingerprint density at radius 3 is 2.48 bits per heavy atom. The summed E-state index contributed by atoms with van der Waals surface area (Å²) in [6.07, 6.45) is 3.52. The second-order valence-electron chi connectivity index (χ2n) is 6.81. The summed E-state index contributed by atoms with van der Waals surface area (Å²) in [5.74, 6) is 0.423. The van der Waals surface area contributed by atoms with Crippen molar-refractivity contribution in [2.75, 3.05) is 25.5 Å². The Bertz CT molecular complexity index is 994. The molecule has 3 aromatic rings. The van der Waals surface area contributed by atoms with Crippen LogP contribution < -0.4 is 16.0 Å². The molecule has 1 aromatic heterocycles. The van der Waals surface area contributed by atoms with Crippen LogP contribution in [0.15, 0.2) is 53.7 Å². The van der Waals surface area contributed by atoms with E-state index in [2.05, 4.69) is 25.9 Å². The summed E-state index contributed by atoms with van der Waals surface area (Å²) in [6, 6.07) is 12.6. The van der Waals surface area contributed by atoms with Crippen LogP contribution in [0.5, 0.6) is 0 Å². The van der Waals surface area contributed by atoms with Gasteiger partial charge in [-0.15, -0.1) is 0 Å². The van der Waals surface area contributed by atoms with Crippen molar-refractivity contribution >= 4 is 28.5 Å². The Hall–Kier alpha value is -3.35. The standard InChI is InChI=1S/C22H26FN5O/c1-15(29)28-19-6-3-16(4-7-19)9-11-25-22(24-2)26-12-10-17-14-27-21-8-5-18(23)13-20(17)21/h3-8,13-14,27H,9-12H2,1-2H3,(H,28,29)(H2,24,25,26). The number of amides is 1. The molecule has 1 amide bonds. The van der Waals surface area contributed by atoms with Crippen molar-refractivity contribution in [3.63, 3.8) is 0 Å². The molecule has 0 bridgehead atoms. The van der Waals surface area contributed by atoms with Crippen LogP contribution in [-0.2, 0) is 17.6 Å². The Morgan fingerprint density at radius 1 is 1.07 bits per heavy atom. The number of anilines is 1. The number of benzene rings is 2. The third-order valence-corrected chi connectivity index (χ3v) is 4.62. The van der Waals surface area contributed by atoms with Crippen molar-refractivity contribution in [3.8, 4) is 0 Å². The highest BCUT2D eigenvalue weighted by atomic mass is 19.1. The van der Waals surface area contributed by atoms with Crippen molar-refractivity contribution in [1.29, 1.82) is 0 Å². The SMILES string of the molecule is CN=C(NCCc1ccc(NC(C)=O)cc1)NCCc1c[nH]c2ccc(F)cc12. The average molecular weight is 395 g/mol. The molecule has 1 heterocycles. The van der Waals surface area contributed by atoms with E-state index in [0.717, 1.165) is 47.5 Å². The lowest BCUT2D eigenvalue weighted by Gasteiger charge is -2.12. The zero-order valence-corrected chi connectivity index (χ0v) is 16.7.